The lowest BCUT2D eigenvalue weighted by Crippen LogP contribution is -2.49. The highest BCUT2D eigenvalue weighted by Gasteiger charge is 2.46. The number of ether oxygens (including phenoxy) is 1. The van der Waals surface area contributed by atoms with Gasteiger partial charge >= 0.3 is 11.9 Å². The molecule has 7 rings (SSSR count). The molecule has 2 aliphatic heterocycles. The second-order valence-electron chi connectivity index (χ2n) is 11.5. The molecule has 0 spiro atoms. The number of alkyl halides is 3. The second-order valence-corrected chi connectivity index (χ2v) is 11.5. The smallest absolute Gasteiger partial charge is 0.379 e. The van der Waals surface area contributed by atoms with E-state index in [4.69, 9.17) is 4.74 Å². The fourth-order valence-electron chi connectivity index (χ4n) is 6.29. The number of benzene rings is 1. The number of fused-ring (bicyclic) bond motifs is 2. The molecule has 8 nitrogen and oxygen atoms in total. The van der Waals surface area contributed by atoms with E-state index >= 15 is 0 Å². The monoisotopic (exact) mass is 538 g/mol. The number of imidazole rings is 1. The van der Waals surface area contributed by atoms with Crippen LogP contribution < -0.4 is 5.69 Å². The Bertz CT molecular complexity index is 1620. The third kappa shape index (κ3) is 4.01. The molecule has 0 amide bonds. The summed E-state index contributed by atoms with van der Waals surface area (Å²) in [5.74, 6) is 2.13. The first-order valence-electron chi connectivity index (χ1n) is 13.2. The minimum atomic E-state index is -4.60. The molecular formula is C28H29F3N6O2. The zero-order valence-electron chi connectivity index (χ0n) is 21.7. The Kier molecular flexibility index (Phi) is 5.38. The Balaban J connectivity index is 1.30. The molecule has 3 atom stereocenters. The molecule has 204 valence electrons. The molecule has 2 saturated heterocycles. The van der Waals surface area contributed by atoms with Crippen LogP contribution in [0.4, 0.5) is 13.2 Å². The van der Waals surface area contributed by atoms with Crippen LogP contribution in [0.3, 0.4) is 0 Å². The van der Waals surface area contributed by atoms with Gasteiger partial charge < -0.3 is 9.30 Å². The largest absolute Gasteiger partial charge is 0.418 e. The Labute approximate surface area is 222 Å². The van der Waals surface area contributed by atoms with Gasteiger partial charge in [-0.15, -0.1) is 10.2 Å². The van der Waals surface area contributed by atoms with Gasteiger partial charge in [-0.05, 0) is 54.5 Å². The summed E-state index contributed by atoms with van der Waals surface area (Å²) >= 11 is 0. The summed E-state index contributed by atoms with van der Waals surface area (Å²) in [5.41, 5.74) is 0.114. The average Bonchev–Trinajstić information content (AvgIpc) is 3.16. The van der Waals surface area contributed by atoms with Crippen molar-refractivity contribution < 1.29 is 17.9 Å². The highest BCUT2D eigenvalue weighted by atomic mass is 19.4. The first-order chi connectivity index (χ1) is 18.6. The molecule has 3 unspecified atom stereocenters. The molecule has 0 radical (unpaired) electrons. The molecule has 0 N–H and O–H groups in total. The summed E-state index contributed by atoms with van der Waals surface area (Å²) in [6.07, 6.45) is 1.73. The van der Waals surface area contributed by atoms with Gasteiger partial charge in [-0.3, -0.25) is 13.9 Å². The van der Waals surface area contributed by atoms with E-state index in [0.29, 0.717) is 42.7 Å². The Hall–Kier alpha value is -3.44. The normalized spacial score (nSPS) is 23.1. The number of hydrogen-bond donors (Lipinski definition) is 0. The number of aryl methyl sites for hydroxylation is 1. The van der Waals surface area contributed by atoms with E-state index < -0.39 is 17.4 Å². The summed E-state index contributed by atoms with van der Waals surface area (Å²) in [4.78, 5) is 15.8. The Morgan fingerprint density at radius 2 is 1.92 bits per heavy atom. The molecule has 39 heavy (non-hydrogen) atoms. The van der Waals surface area contributed by atoms with Crippen LogP contribution in [-0.4, -0.2) is 54.9 Å². The standard InChI is InChI=1S/C28H29F3N6O2/c1-17(35-10-19-6-20(19)11-35)18-7-23(28(29,30)31)24-13-36(26(38)37(24)12-18)22-5-3-4-21(8-22)27(14-39-15-27)9-25-33-32-16-34(25)2/h3-5,7-8,12-13,16-17,19-20H,6,9-11,14-15H2,1-2H3. The van der Waals surface area contributed by atoms with Crippen LogP contribution in [0, 0.1) is 11.8 Å². The maximum absolute atomic E-state index is 14.3. The number of halogens is 3. The molecule has 11 heteroatoms. The SMILES string of the molecule is CC(c1cc(C(F)(F)F)c2cn(-c3cccc(C4(Cc5nncn5C)COC4)c3)c(=O)n2c1)N1CC2CC2C1. The summed E-state index contributed by atoms with van der Waals surface area (Å²) < 4.78 is 52.7. The van der Waals surface area contributed by atoms with E-state index in [-0.39, 0.29) is 17.0 Å². The molecule has 1 aromatic carbocycles. The lowest BCUT2D eigenvalue weighted by atomic mass is 9.75. The highest BCUT2D eigenvalue weighted by Crippen LogP contribution is 2.47. The third-order valence-corrected chi connectivity index (χ3v) is 8.93. The van der Waals surface area contributed by atoms with Gasteiger partial charge in [0.1, 0.15) is 12.2 Å². The van der Waals surface area contributed by atoms with Crippen LogP contribution in [-0.2, 0) is 29.8 Å². The van der Waals surface area contributed by atoms with Gasteiger partial charge in [0.25, 0.3) is 0 Å². The summed E-state index contributed by atoms with van der Waals surface area (Å²) in [6.45, 7) is 4.68. The van der Waals surface area contributed by atoms with Crippen molar-refractivity contribution >= 4 is 5.52 Å². The number of piperidine rings is 1. The number of pyridine rings is 1. The van der Waals surface area contributed by atoms with Gasteiger partial charge in [0.05, 0.1) is 30.0 Å². The first-order valence-corrected chi connectivity index (χ1v) is 13.2. The van der Waals surface area contributed by atoms with Gasteiger partial charge in [-0.2, -0.15) is 13.2 Å². The number of likely N-dealkylation sites (tertiary alicyclic amines) is 1. The van der Waals surface area contributed by atoms with Crippen molar-refractivity contribution in [3.05, 3.63) is 82.1 Å². The fourth-order valence-corrected chi connectivity index (χ4v) is 6.29. The predicted molar refractivity (Wildman–Crippen MR) is 137 cm³/mol. The minimum absolute atomic E-state index is 0.154. The molecule has 1 aliphatic carbocycles. The number of nitrogens with zero attached hydrogens (tertiary/aromatic N) is 6. The number of hydrogen-bond acceptors (Lipinski definition) is 5. The fraction of sp³-hybridized carbons (Fsp3) is 0.464. The zero-order valence-corrected chi connectivity index (χ0v) is 21.7. The molecule has 4 aromatic rings. The summed E-state index contributed by atoms with van der Waals surface area (Å²) in [7, 11) is 1.88. The second kappa shape index (κ2) is 8.53. The molecule has 3 aromatic heterocycles. The molecular weight excluding hydrogens is 509 g/mol. The van der Waals surface area contributed by atoms with E-state index in [1.807, 2.05) is 36.7 Å². The zero-order chi connectivity index (χ0) is 27.1. The van der Waals surface area contributed by atoms with Crippen LogP contribution in [0.1, 0.15) is 41.9 Å². The Morgan fingerprint density at radius 1 is 1.15 bits per heavy atom. The maximum atomic E-state index is 14.3. The van der Waals surface area contributed by atoms with Crippen molar-refractivity contribution in [2.45, 2.75) is 37.4 Å². The third-order valence-electron chi connectivity index (χ3n) is 8.93. The van der Waals surface area contributed by atoms with Crippen LogP contribution in [0.5, 0.6) is 0 Å². The van der Waals surface area contributed by atoms with Gasteiger partial charge in [0, 0.05) is 50.4 Å². The van der Waals surface area contributed by atoms with E-state index in [1.165, 1.54) is 23.3 Å². The van der Waals surface area contributed by atoms with Crippen LogP contribution in [0.25, 0.3) is 11.2 Å². The van der Waals surface area contributed by atoms with Crippen molar-refractivity contribution in [1.82, 2.24) is 28.6 Å². The number of rotatable bonds is 6. The van der Waals surface area contributed by atoms with E-state index in [1.54, 1.807) is 18.6 Å². The Morgan fingerprint density at radius 3 is 2.56 bits per heavy atom. The first kappa shape index (κ1) is 24.6. The van der Waals surface area contributed by atoms with Gasteiger partial charge in [0.2, 0.25) is 0 Å². The van der Waals surface area contributed by atoms with Crippen molar-refractivity contribution in [2.75, 3.05) is 26.3 Å². The van der Waals surface area contributed by atoms with Gasteiger partial charge in [-0.1, -0.05) is 12.1 Å². The van der Waals surface area contributed by atoms with Crippen LogP contribution in [0.2, 0.25) is 0 Å². The van der Waals surface area contributed by atoms with Crippen molar-refractivity contribution in [3.8, 4) is 5.69 Å². The summed E-state index contributed by atoms with van der Waals surface area (Å²) in [5, 5.41) is 8.18. The van der Waals surface area contributed by atoms with E-state index in [0.717, 1.165) is 28.9 Å². The van der Waals surface area contributed by atoms with Crippen molar-refractivity contribution in [2.24, 2.45) is 18.9 Å². The van der Waals surface area contributed by atoms with Crippen LogP contribution in [0.15, 0.2) is 53.8 Å². The molecule has 3 aliphatic rings. The van der Waals surface area contributed by atoms with Crippen LogP contribution >= 0.6 is 0 Å². The van der Waals surface area contributed by atoms with Gasteiger partial charge in [0.15, 0.2) is 0 Å². The molecule has 0 bridgehead atoms. The number of aromatic nitrogens is 5. The predicted octanol–water partition coefficient (Wildman–Crippen LogP) is 3.76. The van der Waals surface area contributed by atoms with Crippen molar-refractivity contribution in [3.63, 3.8) is 0 Å². The molecule has 5 heterocycles. The van der Waals surface area contributed by atoms with Crippen molar-refractivity contribution in [1.29, 1.82) is 0 Å². The van der Waals surface area contributed by atoms with E-state index in [9.17, 15) is 18.0 Å². The average molecular weight is 539 g/mol. The lowest BCUT2D eigenvalue weighted by molar-refractivity contribution is -0.136. The molecule has 1 saturated carbocycles. The summed E-state index contributed by atoms with van der Waals surface area (Å²) in [6, 6.07) is 8.41. The van der Waals surface area contributed by atoms with E-state index in [2.05, 4.69) is 15.1 Å². The quantitative estimate of drug-likeness (QED) is 0.374. The highest BCUT2D eigenvalue weighted by molar-refractivity contribution is 5.58. The molecule has 3 fully saturated rings. The minimum Gasteiger partial charge on any atom is -0.379 e. The maximum Gasteiger partial charge on any atom is 0.418 e. The topological polar surface area (TPSA) is 69.6 Å². The van der Waals surface area contributed by atoms with Gasteiger partial charge in [-0.25, -0.2) is 4.79 Å². The lowest BCUT2D eigenvalue weighted by Gasteiger charge is -2.41.